The van der Waals surface area contributed by atoms with Crippen molar-refractivity contribution in [3.05, 3.63) is 29.3 Å². The Hall–Kier alpha value is -0.670. The van der Waals surface area contributed by atoms with Crippen LogP contribution >= 0.6 is 0 Å². The van der Waals surface area contributed by atoms with Gasteiger partial charge in [-0.15, -0.1) is 0 Å². The van der Waals surface area contributed by atoms with Gasteiger partial charge in [-0.05, 0) is 31.9 Å². The second-order valence-corrected chi connectivity index (χ2v) is 3.98. The van der Waals surface area contributed by atoms with Crippen LogP contribution in [0.1, 0.15) is 18.1 Å². The molecule has 13 heavy (non-hydrogen) atoms. The number of rotatable bonds is 3. The number of hydrogen-bond donors (Lipinski definition) is 0. The molecule has 0 aromatic heterocycles. The molecule has 2 nitrogen and oxygen atoms in total. The summed E-state index contributed by atoms with van der Waals surface area (Å²) in [4.78, 5) is 0.810. The van der Waals surface area contributed by atoms with Gasteiger partial charge in [-0.1, -0.05) is 18.2 Å². The summed E-state index contributed by atoms with van der Waals surface area (Å²) in [6, 6.07) is 5.84. The number of aryl methyl sites for hydroxylation is 2. The van der Waals surface area contributed by atoms with E-state index in [1.165, 1.54) is 0 Å². The van der Waals surface area contributed by atoms with Crippen LogP contribution in [0.25, 0.3) is 0 Å². The van der Waals surface area contributed by atoms with E-state index in [1.807, 2.05) is 39.0 Å². The van der Waals surface area contributed by atoms with Crippen molar-refractivity contribution in [2.45, 2.75) is 25.7 Å². The minimum atomic E-state index is -1.31. The van der Waals surface area contributed by atoms with Crippen LogP contribution in [-0.4, -0.2) is 10.8 Å². The van der Waals surface area contributed by atoms with Gasteiger partial charge < -0.3 is 0 Å². The molecule has 1 atom stereocenters. The molecule has 1 aromatic carbocycles. The highest BCUT2D eigenvalue weighted by Gasteiger charge is 2.09. The fourth-order valence-electron chi connectivity index (χ4n) is 1.23. The summed E-state index contributed by atoms with van der Waals surface area (Å²) in [5.41, 5.74) is 2.04. The summed E-state index contributed by atoms with van der Waals surface area (Å²) in [7, 11) is 0. The van der Waals surface area contributed by atoms with E-state index in [4.69, 9.17) is 4.18 Å². The van der Waals surface area contributed by atoms with Crippen molar-refractivity contribution in [3.8, 4) is 0 Å². The van der Waals surface area contributed by atoms with E-state index in [1.54, 1.807) is 0 Å². The summed E-state index contributed by atoms with van der Waals surface area (Å²) in [5.74, 6) is 0. The Morgan fingerprint density at radius 1 is 1.31 bits per heavy atom. The fourth-order valence-corrected chi connectivity index (χ4v) is 2.22. The van der Waals surface area contributed by atoms with E-state index in [-0.39, 0.29) is 0 Å². The second-order valence-electron chi connectivity index (χ2n) is 2.86. The molecule has 0 aliphatic rings. The normalized spacial score (nSPS) is 12.8. The molecule has 0 saturated heterocycles. The highest BCUT2D eigenvalue weighted by molar-refractivity contribution is 7.80. The van der Waals surface area contributed by atoms with Gasteiger partial charge in [0.2, 0.25) is 0 Å². The Balaban J connectivity index is 3.05. The van der Waals surface area contributed by atoms with Gasteiger partial charge in [-0.25, -0.2) is 4.21 Å². The van der Waals surface area contributed by atoms with Gasteiger partial charge in [0, 0.05) is 0 Å². The standard InChI is InChI=1S/C10H14O2S/c1-4-12-13(11)10-8(2)6-5-7-9(10)3/h5-7H,4H2,1-3H3. The van der Waals surface area contributed by atoms with Crippen molar-refractivity contribution >= 4 is 11.1 Å². The molecule has 3 heteroatoms. The first-order valence-electron chi connectivity index (χ1n) is 4.28. The Bertz CT molecular complexity index is 300. The lowest BCUT2D eigenvalue weighted by molar-refractivity contribution is 0.371. The molecule has 0 heterocycles. The highest BCUT2D eigenvalue weighted by atomic mass is 32.2. The predicted octanol–water partition coefficient (Wildman–Crippen LogP) is 2.36. The fraction of sp³-hybridized carbons (Fsp3) is 0.400. The number of hydrogen-bond acceptors (Lipinski definition) is 2. The van der Waals surface area contributed by atoms with E-state index in [2.05, 4.69) is 0 Å². The molecule has 1 aromatic rings. The summed E-state index contributed by atoms with van der Waals surface area (Å²) in [6.07, 6.45) is 0. The largest absolute Gasteiger partial charge is 0.287 e. The summed E-state index contributed by atoms with van der Waals surface area (Å²) < 4.78 is 16.6. The van der Waals surface area contributed by atoms with Crippen LogP contribution in [0.3, 0.4) is 0 Å². The lowest BCUT2D eigenvalue weighted by Crippen LogP contribution is -2.01. The Kier molecular flexibility index (Phi) is 3.63. The van der Waals surface area contributed by atoms with Gasteiger partial charge in [0.15, 0.2) is 11.1 Å². The van der Waals surface area contributed by atoms with Crippen molar-refractivity contribution < 1.29 is 8.39 Å². The average Bonchev–Trinajstić information content (AvgIpc) is 2.04. The van der Waals surface area contributed by atoms with Crippen molar-refractivity contribution in [1.82, 2.24) is 0 Å². The van der Waals surface area contributed by atoms with Crippen LogP contribution in [-0.2, 0) is 15.3 Å². The quantitative estimate of drug-likeness (QED) is 0.745. The maximum absolute atomic E-state index is 11.6. The topological polar surface area (TPSA) is 26.3 Å². The van der Waals surface area contributed by atoms with Crippen LogP contribution in [0, 0.1) is 13.8 Å². The lowest BCUT2D eigenvalue weighted by atomic mass is 10.2. The zero-order valence-electron chi connectivity index (χ0n) is 8.16. The summed E-state index contributed by atoms with van der Waals surface area (Å²) in [5, 5.41) is 0. The molecular formula is C10H14O2S. The lowest BCUT2D eigenvalue weighted by Gasteiger charge is -2.07. The van der Waals surface area contributed by atoms with Gasteiger partial charge in [0.05, 0.1) is 11.5 Å². The van der Waals surface area contributed by atoms with Crippen LogP contribution in [0.5, 0.6) is 0 Å². The monoisotopic (exact) mass is 198 g/mol. The molecular weight excluding hydrogens is 184 g/mol. The average molecular weight is 198 g/mol. The van der Waals surface area contributed by atoms with E-state index >= 15 is 0 Å². The molecule has 0 bridgehead atoms. The highest BCUT2D eigenvalue weighted by Crippen LogP contribution is 2.18. The Morgan fingerprint density at radius 2 is 1.85 bits per heavy atom. The molecule has 0 aliphatic carbocycles. The number of benzene rings is 1. The third-order valence-corrected chi connectivity index (χ3v) is 3.23. The smallest absolute Gasteiger partial charge is 0.189 e. The zero-order valence-corrected chi connectivity index (χ0v) is 8.98. The second kappa shape index (κ2) is 4.53. The Morgan fingerprint density at radius 3 is 2.31 bits per heavy atom. The molecule has 0 spiro atoms. The first kappa shape index (κ1) is 10.4. The van der Waals surface area contributed by atoms with E-state index in [0.29, 0.717) is 6.61 Å². The predicted molar refractivity (Wildman–Crippen MR) is 54.0 cm³/mol. The molecule has 1 unspecified atom stereocenters. The maximum Gasteiger partial charge on any atom is 0.189 e. The van der Waals surface area contributed by atoms with Crippen LogP contribution < -0.4 is 0 Å². The first-order chi connectivity index (χ1) is 6.16. The summed E-state index contributed by atoms with van der Waals surface area (Å²) >= 11 is -1.31. The van der Waals surface area contributed by atoms with Crippen LogP contribution in [0.2, 0.25) is 0 Å². The van der Waals surface area contributed by atoms with Crippen molar-refractivity contribution in [2.75, 3.05) is 6.61 Å². The minimum Gasteiger partial charge on any atom is -0.287 e. The molecule has 1 rings (SSSR count). The molecule has 0 aliphatic heterocycles. The third kappa shape index (κ3) is 2.39. The van der Waals surface area contributed by atoms with Crippen molar-refractivity contribution in [2.24, 2.45) is 0 Å². The SMILES string of the molecule is CCOS(=O)c1c(C)cccc1C. The van der Waals surface area contributed by atoms with Gasteiger partial charge in [0.1, 0.15) is 0 Å². The molecule has 0 radical (unpaired) electrons. The van der Waals surface area contributed by atoms with Crippen molar-refractivity contribution in [3.63, 3.8) is 0 Å². The molecule has 0 fully saturated rings. The van der Waals surface area contributed by atoms with Crippen LogP contribution in [0.15, 0.2) is 23.1 Å². The third-order valence-electron chi connectivity index (χ3n) is 1.80. The molecule has 0 amide bonds. The summed E-state index contributed by atoms with van der Waals surface area (Å²) in [6.45, 7) is 6.20. The van der Waals surface area contributed by atoms with Gasteiger partial charge in [0.25, 0.3) is 0 Å². The van der Waals surface area contributed by atoms with E-state index in [0.717, 1.165) is 16.0 Å². The molecule has 0 saturated carbocycles. The van der Waals surface area contributed by atoms with E-state index in [9.17, 15) is 4.21 Å². The molecule has 0 N–H and O–H groups in total. The Labute approximate surface area is 81.6 Å². The maximum atomic E-state index is 11.6. The zero-order chi connectivity index (χ0) is 9.84. The van der Waals surface area contributed by atoms with E-state index < -0.39 is 11.1 Å². The van der Waals surface area contributed by atoms with Crippen molar-refractivity contribution in [1.29, 1.82) is 0 Å². The molecule has 72 valence electrons. The minimum absolute atomic E-state index is 0.473. The van der Waals surface area contributed by atoms with Gasteiger partial charge in [-0.2, -0.15) is 0 Å². The first-order valence-corrected chi connectivity index (χ1v) is 5.35. The van der Waals surface area contributed by atoms with Gasteiger partial charge in [-0.3, -0.25) is 4.18 Å². The van der Waals surface area contributed by atoms with Gasteiger partial charge >= 0.3 is 0 Å². The van der Waals surface area contributed by atoms with Crippen LogP contribution in [0.4, 0.5) is 0 Å².